The van der Waals surface area contributed by atoms with Gasteiger partial charge in [0, 0.05) is 26.1 Å². The van der Waals surface area contributed by atoms with Crippen molar-refractivity contribution in [3.63, 3.8) is 0 Å². The predicted molar refractivity (Wildman–Crippen MR) is 64.2 cm³/mol. The largest absolute Gasteiger partial charge is 0.419 e. The second-order valence-electron chi connectivity index (χ2n) is 4.72. The third-order valence-electron chi connectivity index (χ3n) is 2.59. The maximum absolute atomic E-state index is 13.4. The molecule has 0 aliphatic carbocycles. The monoisotopic (exact) mass is 319 g/mol. The first-order valence-corrected chi connectivity index (χ1v) is 5.89. The number of hydrogen-bond donors (Lipinski definition) is 1. The van der Waals surface area contributed by atoms with Crippen LogP contribution in [0.4, 0.5) is 23.2 Å². The van der Waals surface area contributed by atoms with Crippen molar-refractivity contribution < 1.29 is 36.6 Å². The fourth-order valence-corrected chi connectivity index (χ4v) is 1.62. The molecule has 0 unspecified atom stereocenters. The van der Waals surface area contributed by atoms with E-state index >= 15 is 0 Å². The molecule has 0 bridgehead atoms. The van der Waals surface area contributed by atoms with Crippen molar-refractivity contribution in [1.82, 2.24) is 0 Å². The van der Waals surface area contributed by atoms with E-state index in [9.17, 15) is 27.2 Å². The van der Waals surface area contributed by atoms with Crippen molar-refractivity contribution >= 4 is 17.6 Å². The van der Waals surface area contributed by atoms with E-state index in [4.69, 9.17) is 9.47 Å². The quantitative estimate of drug-likeness (QED) is 0.226. The van der Waals surface area contributed by atoms with Crippen molar-refractivity contribution in [2.75, 3.05) is 5.32 Å². The summed E-state index contributed by atoms with van der Waals surface area (Å²) in [5, 5.41) is 1.89. The highest BCUT2D eigenvalue weighted by Crippen LogP contribution is 2.26. The Morgan fingerprint density at radius 3 is 2.09 bits per heavy atom. The maximum Gasteiger partial charge on any atom is 0.350 e. The predicted octanol–water partition coefficient (Wildman–Crippen LogP) is 2.37. The molecule has 5 nitrogen and oxygen atoms in total. The van der Waals surface area contributed by atoms with E-state index in [0.717, 1.165) is 0 Å². The van der Waals surface area contributed by atoms with Crippen LogP contribution in [-0.4, -0.2) is 17.7 Å². The van der Waals surface area contributed by atoms with Crippen LogP contribution in [0.2, 0.25) is 0 Å². The highest BCUT2D eigenvalue weighted by Gasteiger charge is 2.39. The molecule has 1 aliphatic heterocycles. The zero-order valence-electron chi connectivity index (χ0n) is 11.3. The van der Waals surface area contributed by atoms with Gasteiger partial charge in [-0.2, -0.15) is 0 Å². The Hall–Kier alpha value is -2.58. The van der Waals surface area contributed by atoms with Gasteiger partial charge in [0.2, 0.25) is 0 Å². The number of carbonyl (C=O) groups is 2. The average molecular weight is 319 g/mol. The number of nitrogens with one attached hydrogen (secondary N) is 1. The van der Waals surface area contributed by atoms with Gasteiger partial charge in [-0.05, 0) is 0 Å². The summed E-state index contributed by atoms with van der Waals surface area (Å²) in [5.74, 6) is -10.6. The molecule has 0 aromatic heterocycles. The molecule has 0 atom stereocenters. The van der Waals surface area contributed by atoms with E-state index < -0.39 is 52.3 Å². The number of carbonyl (C=O) groups excluding carboxylic acids is 2. The lowest BCUT2D eigenvalue weighted by atomic mass is 10.2. The summed E-state index contributed by atoms with van der Waals surface area (Å²) < 4.78 is 62.1. The topological polar surface area (TPSA) is 64.6 Å². The minimum atomic E-state index is -1.91. The lowest BCUT2D eigenvalue weighted by Gasteiger charge is -2.29. The van der Waals surface area contributed by atoms with Gasteiger partial charge in [0.15, 0.2) is 28.8 Å². The van der Waals surface area contributed by atoms with Crippen LogP contribution in [0.3, 0.4) is 0 Å². The minimum absolute atomic E-state index is 0.111. The van der Waals surface area contributed by atoms with Crippen LogP contribution in [0.5, 0.6) is 0 Å². The molecule has 22 heavy (non-hydrogen) atoms. The normalized spacial score (nSPS) is 16.9. The van der Waals surface area contributed by atoms with E-state index in [0.29, 0.717) is 6.20 Å². The van der Waals surface area contributed by atoms with Crippen LogP contribution in [0, 0.1) is 23.3 Å². The molecular formula is C13H9F4NO4. The standard InChI is InChI=1S/C13H9F4NO4/c1-13(2)21-11(19)5(12(20)22-13)4-18-10-7(15)3-6(14)8(16)9(10)17/h3-4,18H,1-2H3. The summed E-state index contributed by atoms with van der Waals surface area (Å²) >= 11 is 0. The molecule has 1 saturated heterocycles. The number of anilines is 1. The number of ether oxygens (including phenoxy) is 2. The summed E-state index contributed by atoms with van der Waals surface area (Å²) in [4.78, 5) is 23.2. The van der Waals surface area contributed by atoms with Crippen molar-refractivity contribution in [2.24, 2.45) is 0 Å². The summed E-state index contributed by atoms with van der Waals surface area (Å²) in [6, 6.07) is 0.111. The molecule has 2 rings (SSSR count). The molecule has 0 saturated carbocycles. The van der Waals surface area contributed by atoms with Gasteiger partial charge in [-0.3, -0.25) is 0 Å². The van der Waals surface area contributed by atoms with Gasteiger partial charge in [0.05, 0.1) is 0 Å². The molecule has 118 valence electrons. The van der Waals surface area contributed by atoms with Crippen molar-refractivity contribution in [2.45, 2.75) is 19.6 Å². The number of hydrogen-bond acceptors (Lipinski definition) is 5. The van der Waals surface area contributed by atoms with Gasteiger partial charge < -0.3 is 14.8 Å². The zero-order valence-corrected chi connectivity index (χ0v) is 11.3. The molecule has 1 aromatic rings. The van der Waals surface area contributed by atoms with Gasteiger partial charge in [-0.25, -0.2) is 27.2 Å². The number of rotatable bonds is 2. The molecule has 1 N–H and O–H groups in total. The maximum atomic E-state index is 13.4. The van der Waals surface area contributed by atoms with Gasteiger partial charge in [0.25, 0.3) is 5.79 Å². The van der Waals surface area contributed by atoms with Crippen LogP contribution in [0.15, 0.2) is 17.8 Å². The van der Waals surface area contributed by atoms with E-state index in [1.165, 1.54) is 13.8 Å². The number of esters is 2. The summed E-state index contributed by atoms with van der Waals surface area (Å²) in [5.41, 5.74) is -1.76. The SMILES string of the molecule is CC1(C)OC(=O)C(=CNc2c(F)cc(F)c(F)c2F)C(=O)O1. The van der Waals surface area contributed by atoms with Crippen LogP contribution < -0.4 is 5.32 Å². The summed E-state index contributed by atoms with van der Waals surface area (Å²) in [6.07, 6.45) is 0.582. The van der Waals surface area contributed by atoms with Gasteiger partial charge in [-0.1, -0.05) is 0 Å². The van der Waals surface area contributed by atoms with Crippen molar-refractivity contribution in [1.29, 1.82) is 0 Å². The van der Waals surface area contributed by atoms with E-state index in [1.807, 2.05) is 5.32 Å². The Labute approximate surface area is 121 Å². The Kier molecular flexibility index (Phi) is 3.82. The average Bonchev–Trinajstić information content (AvgIpc) is 2.37. The highest BCUT2D eigenvalue weighted by molar-refractivity contribution is 6.15. The van der Waals surface area contributed by atoms with E-state index in [2.05, 4.69) is 0 Å². The lowest BCUT2D eigenvalue weighted by molar-refractivity contribution is -0.222. The molecule has 9 heteroatoms. The van der Waals surface area contributed by atoms with Gasteiger partial charge in [-0.15, -0.1) is 0 Å². The Bertz CT molecular complexity index is 678. The van der Waals surface area contributed by atoms with Gasteiger partial charge >= 0.3 is 11.9 Å². The van der Waals surface area contributed by atoms with Crippen LogP contribution in [0.25, 0.3) is 0 Å². The van der Waals surface area contributed by atoms with Gasteiger partial charge in [0.1, 0.15) is 5.69 Å². The first-order valence-electron chi connectivity index (χ1n) is 5.89. The van der Waals surface area contributed by atoms with E-state index in [1.54, 1.807) is 0 Å². The zero-order chi connectivity index (χ0) is 16.7. The molecule has 0 amide bonds. The number of halogens is 4. The smallest absolute Gasteiger partial charge is 0.350 e. The fourth-order valence-electron chi connectivity index (χ4n) is 1.62. The highest BCUT2D eigenvalue weighted by atomic mass is 19.2. The minimum Gasteiger partial charge on any atom is -0.419 e. The number of cyclic esters (lactones) is 2. The lowest BCUT2D eigenvalue weighted by Crippen LogP contribution is -2.42. The molecular weight excluding hydrogens is 310 g/mol. The van der Waals surface area contributed by atoms with Crippen LogP contribution in [0.1, 0.15) is 13.8 Å². The van der Waals surface area contributed by atoms with E-state index in [-0.39, 0.29) is 6.07 Å². The number of benzene rings is 1. The first kappa shape index (κ1) is 15.8. The van der Waals surface area contributed by atoms with Crippen LogP contribution >= 0.6 is 0 Å². The third-order valence-corrected chi connectivity index (χ3v) is 2.59. The first-order chi connectivity index (χ1) is 10.1. The third kappa shape index (κ3) is 2.87. The second-order valence-corrected chi connectivity index (χ2v) is 4.72. The summed E-state index contributed by atoms with van der Waals surface area (Å²) in [7, 11) is 0. The Morgan fingerprint density at radius 1 is 1.00 bits per heavy atom. The van der Waals surface area contributed by atoms with Crippen molar-refractivity contribution in [3.8, 4) is 0 Å². The molecule has 0 radical (unpaired) electrons. The molecule has 1 heterocycles. The molecule has 0 spiro atoms. The molecule has 1 aromatic carbocycles. The second kappa shape index (κ2) is 5.32. The van der Waals surface area contributed by atoms with Crippen molar-refractivity contribution in [3.05, 3.63) is 41.1 Å². The summed E-state index contributed by atoms with van der Waals surface area (Å²) in [6.45, 7) is 2.61. The Balaban J connectivity index is 2.32. The van der Waals surface area contributed by atoms with Crippen LogP contribution in [-0.2, 0) is 19.1 Å². The Morgan fingerprint density at radius 2 is 1.55 bits per heavy atom. The molecule has 1 aliphatic rings. The fraction of sp³-hybridized carbons (Fsp3) is 0.231. The molecule has 1 fully saturated rings.